The molecule has 0 saturated carbocycles. The first kappa shape index (κ1) is 10.6. The highest BCUT2D eigenvalue weighted by Crippen LogP contribution is 2.31. The second-order valence-electron chi connectivity index (χ2n) is 4.00. The molecular weight excluding hydrogens is 228 g/mol. The van der Waals surface area contributed by atoms with Gasteiger partial charge in [0, 0.05) is 11.1 Å². The lowest BCUT2D eigenvalue weighted by Crippen LogP contribution is -1.99. The van der Waals surface area contributed by atoms with Gasteiger partial charge in [0.25, 0.3) is 0 Å². The van der Waals surface area contributed by atoms with Gasteiger partial charge in [0.2, 0.25) is 0 Å². The Bertz CT molecular complexity index is 682. The van der Waals surface area contributed by atoms with Gasteiger partial charge in [-0.05, 0) is 24.3 Å². The van der Waals surface area contributed by atoms with Crippen LogP contribution in [0.5, 0.6) is 0 Å². The van der Waals surface area contributed by atoms with Gasteiger partial charge in [-0.15, -0.1) is 0 Å². The summed E-state index contributed by atoms with van der Waals surface area (Å²) in [5.41, 5.74) is 1.84. The van der Waals surface area contributed by atoms with Crippen LogP contribution in [0.2, 0.25) is 0 Å². The maximum Gasteiger partial charge on any atom is 0.336 e. The monoisotopic (exact) mass is 238 g/mol. The van der Waals surface area contributed by atoms with Gasteiger partial charge in [-0.25, -0.2) is 4.79 Å². The highest BCUT2D eigenvalue weighted by molar-refractivity contribution is 5.95. The molecule has 3 nitrogen and oxygen atoms in total. The molecule has 0 fully saturated rings. The van der Waals surface area contributed by atoms with Crippen molar-refractivity contribution in [1.82, 2.24) is 0 Å². The van der Waals surface area contributed by atoms with Crippen molar-refractivity contribution in [3.63, 3.8) is 0 Å². The fraction of sp³-hybridized carbons (Fsp3) is 0. The zero-order chi connectivity index (χ0) is 12.5. The Balaban J connectivity index is 2.21. The number of hydrogen-bond acceptors (Lipinski definition) is 2. The molecule has 1 aliphatic heterocycles. The topological polar surface area (TPSA) is 50.4 Å². The number of carboxylic acids is 1. The van der Waals surface area contributed by atoms with E-state index in [-0.39, 0.29) is 5.56 Å². The predicted molar refractivity (Wildman–Crippen MR) is 67.7 cm³/mol. The highest BCUT2D eigenvalue weighted by Gasteiger charge is 2.14. The van der Waals surface area contributed by atoms with Gasteiger partial charge < -0.3 is 9.52 Å². The Morgan fingerprint density at radius 1 is 0.889 bits per heavy atom. The molecule has 18 heavy (non-hydrogen) atoms. The van der Waals surface area contributed by atoms with E-state index in [0.29, 0.717) is 11.3 Å². The van der Waals surface area contributed by atoms with Crippen molar-refractivity contribution in [1.29, 1.82) is 0 Å². The molecule has 0 bridgehead atoms. The molecule has 0 saturated heterocycles. The Hall–Kier alpha value is -2.55. The normalized spacial score (nSPS) is 10.7. The lowest BCUT2D eigenvalue weighted by Gasteiger charge is -2.07. The van der Waals surface area contributed by atoms with E-state index in [1.165, 1.54) is 0 Å². The van der Waals surface area contributed by atoms with E-state index in [9.17, 15) is 4.79 Å². The van der Waals surface area contributed by atoms with E-state index < -0.39 is 5.97 Å². The Labute approximate surface area is 104 Å². The quantitative estimate of drug-likeness (QED) is 0.739. The van der Waals surface area contributed by atoms with E-state index >= 15 is 0 Å². The summed E-state index contributed by atoms with van der Waals surface area (Å²) in [7, 11) is 0. The summed E-state index contributed by atoms with van der Waals surface area (Å²) in [6.45, 7) is 0. The van der Waals surface area contributed by atoms with Crippen LogP contribution in [0.4, 0.5) is 0 Å². The summed E-state index contributed by atoms with van der Waals surface area (Å²) in [6, 6.07) is 16.3. The molecule has 2 aliphatic rings. The van der Waals surface area contributed by atoms with E-state index in [2.05, 4.69) is 0 Å². The number of benzene rings is 1. The molecule has 1 aromatic rings. The van der Waals surface area contributed by atoms with Crippen LogP contribution in [-0.4, -0.2) is 11.1 Å². The van der Waals surface area contributed by atoms with Gasteiger partial charge in [0.15, 0.2) is 0 Å². The van der Waals surface area contributed by atoms with Gasteiger partial charge in [-0.1, -0.05) is 30.3 Å². The number of carbonyl (C=O) groups is 1. The van der Waals surface area contributed by atoms with Crippen LogP contribution < -0.4 is 0 Å². The fourth-order valence-electron chi connectivity index (χ4n) is 2.00. The molecular formula is C15H10O3. The molecule has 1 aromatic carbocycles. The first-order chi connectivity index (χ1) is 8.75. The van der Waals surface area contributed by atoms with Crippen molar-refractivity contribution in [3.8, 4) is 22.6 Å². The van der Waals surface area contributed by atoms with Crippen molar-refractivity contribution >= 4 is 5.97 Å². The van der Waals surface area contributed by atoms with Gasteiger partial charge in [0.05, 0.1) is 5.56 Å². The Morgan fingerprint density at radius 2 is 1.72 bits per heavy atom. The second-order valence-corrected chi connectivity index (χ2v) is 4.00. The molecule has 1 N–H and O–H groups in total. The minimum absolute atomic E-state index is 0.243. The van der Waals surface area contributed by atoms with Crippen LogP contribution in [0.15, 0.2) is 59.0 Å². The molecule has 0 spiro atoms. The van der Waals surface area contributed by atoms with Crippen LogP contribution in [-0.2, 0) is 0 Å². The molecule has 1 aliphatic carbocycles. The summed E-state index contributed by atoms with van der Waals surface area (Å²) >= 11 is 0. The van der Waals surface area contributed by atoms with Crippen molar-refractivity contribution in [2.24, 2.45) is 0 Å². The first-order valence-corrected chi connectivity index (χ1v) is 5.57. The molecule has 0 unspecified atom stereocenters. The van der Waals surface area contributed by atoms with Gasteiger partial charge in [-0.2, -0.15) is 0 Å². The first-order valence-electron chi connectivity index (χ1n) is 5.57. The second kappa shape index (κ2) is 4.04. The predicted octanol–water partition coefficient (Wildman–Crippen LogP) is 3.75. The maximum absolute atomic E-state index is 11.2. The summed E-state index contributed by atoms with van der Waals surface area (Å²) in [5, 5.41) is 9.16. The van der Waals surface area contributed by atoms with Gasteiger partial charge in [-0.3, -0.25) is 0 Å². The van der Waals surface area contributed by atoms with Gasteiger partial charge in [0.1, 0.15) is 11.5 Å². The van der Waals surface area contributed by atoms with Crippen molar-refractivity contribution < 1.29 is 14.3 Å². The minimum Gasteiger partial charge on any atom is -0.478 e. The number of rotatable bonds is 2. The van der Waals surface area contributed by atoms with Gasteiger partial charge >= 0.3 is 5.97 Å². The molecule has 0 atom stereocenters. The molecule has 0 amide bonds. The average molecular weight is 238 g/mol. The van der Waals surface area contributed by atoms with Crippen LogP contribution in [0.25, 0.3) is 22.6 Å². The van der Waals surface area contributed by atoms with Crippen molar-refractivity contribution in [2.45, 2.75) is 0 Å². The smallest absolute Gasteiger partial charge is 0.336 e. The third kappa shape index (κ3) is 1.66. The van der Waals surface area contributed by atoms with Crippen molar-refractivity contribution in [3.05, 3.63) is 60.2 Å². The number of hydrogen-bond donors (Lipinski definition) is 1. The van der Waals surface area contributed by atoms with Crippen molar-refractivity contribution in [2.75, 3.05) is 0 Å². The lowest BCUT2D eigenvalue weighted by atomic mass is 10.0. The molecule has 0 radical (unpaired) electrons. The standard InChI is InChI=1S/C15H10O3/c16-15(17)12-6-2-1-5-11(12)14-9-8-10-4-3-7-13(10)18-14/h1-9H,(H,16,17). The number of carboxylic acid groups (broad SMARTS) is 1. The van der Waals surface area contributed by atoms with Crippen LogP contribution in [0.1, 0.15) is 10.4 Å². The summed E-state index contributed by atoms with van der Waals surface area (Å²) in [4.78, 5) is 11.2. The average Bonchev–Trinajstić information content (AvgIpc) is 2.85. The van der Waals surface area contributed by atoms with Crippen LogP contribution in [0.3, 0.4) is 0 Å². The fourth-order valence-corrected chi connectivity index (χ4v) is 2.00. The summed E-state index contributed by atoms with van der Waals surface area (Å²) < 4.78 is 5.72. The SMILES string of the molecule is O=C(O)c1ccccc1-c1ccc2cccc-2o1. The molecule has 1 heterocycles. The number of aromatic carboxylic acids is 1. The largest absolute Gasteiger partial charge is 0.478 e. The van der Waals surface area contributed by atoms with E-state index in [4.69, 9.17) is 9.52 Å². The number of fused-ring (bicyclic) bond motifs is 1. The molecule has 0 aromatic heterocycles. The Morgan fingerprint density at radius 3 is 2.56 bits per heavy atom. The Kier molecular flexibility index (Phi) is 2.38. The zero-order valence-electron chi connectivity index (χ0n) is 9.46. The van der Waals surface area contributed by atoms with E-state index in [1.807, 2.05) is 24.3 Å². The molecule has 88 valence electrons. The van der Waals surface area contributed by atoms with E-state index in [1.54, 1.807) is 30.3 Å². The molecule has 3 heteroatoms. The lowest BCUT2D eigenvalue weighted by molar-refractivity contribution is 0.0697. The zero-order valence-corrected chi connectivity index (χ0v) is 9.46. The summed E-state index contributed by atoms with van der Waals surface area (Å²) in [6.07, 6.45) is 0. The minimum atomic E-state index is -0.955. The summed E-state index contributed by atoms with van der Waals surface area (Å²) in [5.74, 6) is 0.364. The third-order valence-electron chi connectivity index (χ3n) is 2.87. The molecule has 3 rings (SSSR count). The highest BCUT2D eigenvalue weighted by atomic mass is 16.4. The van der Waals surface area contributed by atoms with Crippen LogP contribution in [0, 0.1) is 0 Å². The van der Waals surface area contributed by atoms with Crippen LogP contribution >= 0.6 is 0 Å². The maximum atomic E-state index is 11.2. The van der Waals surface area contributed by atoms with E-state index in [0.717, 1.165) is 11.3 Å². The third-order valence-corrected chi connectivity index (χ3v) is 2.87.